The second-order valence-corrected chi connectivity index (χ2v) is 6.80. The van der Waals surface area contributed by atoms with Gasteiger partial charge in [-0.3, -0.25) is 19.4 Å². The number of piperidine rings is 1. The van der Waals surface area contributed by atoms with Crippen molar-refractivity contribution in [2.45, 2.75) is 32.4 Å². The minimum atomic E-state index is -0.786. The first-order chi connectivity index (χ1) is 12.0. The van der Waals surface area contributed by atoms with Gasteiger partial charge in [0.15, 0.2) is 0 Å². The van der Waals surface area contributed by atoms with E-state index in [1.54, 1.807) is 0 Å². The number of likely N-dealkylation sites (tertiary alicyclic amines) is 1. The Labute approximate surface area is 165 Å². The van der Waals surface area contributed by atoms with E-state index in [0.29, 0.717) is 18.1 Å². The Morgan fingerprint density at radius 3 is 2.42 bits per heavy atom. The van der Waals surface area contributed by atoms with Gasteiger partial charge in [-0.1, -0.05) is 30.7 Å². The van der Waals surface area contributed by atoms with Crippen molar-refractivity contribution in [3.8, 4) is 0 Å². The summed E-state index contributed by atoms with van der Waals surface area (Å²) in [6.07, 6.45) is 1.79. The predicted molar refractivity (Wildman–Crippen MR) is 105 cm³/mol. The van der Waals surface area contributed by atoms with Crippen LogP contribution < -0.4 is 5.32 Å². The van der Waals surface area contributed by atoms with Gasteiger partial charge in [-0.05, 0) is 37.1 Å². The first-order valence-corrected chi connectivity index (χ1v) is 9.05. The molecule has 0 radical (unpaired) electrons. The lowest BCUT2D eigenvalue weighted by Crippen LogP contribution is -2.48. The summed E-state index contributed by atoms with van der Waals surface area (Å²) in [7, 11) is 0. The van der Waals surface area contributed by atoms with Crippen molar-refractivity contribution in [3.05, 3.63) is 34.9 Å². The SMILES string of the molecule is CCN(CC(=O)O)C1CCN(CC(=O)NCc2ccc(Cl)cc2)CC1.Cl. The number of carboxylic acid groups (broad SMARTS) is 1. The third kappa shape index (κ3) is 7.50. The number of nitrogens with zero attached hydrogens (tertiary/aromatic N) is 2. The molecule has 1 heterocycles. The van der Waals surface area contributed by atoms with Gasteiger partial charge in [0.25, 0.3) is 0 Å². The van der Waals surface area contributed by atoms with Crippen molar-refractivity contribution in [2.24, 2.45) is 0 Å². The van der Waals surface area contributed by atoms with Gasteiger partial charge in [-0.2, -0.15) is 0 Å². The number of benzene rings is 1. The number of halogens is 2. The Morgan fingerprint density at radius 1 is 1.27 bits per heavy atom. The van der Waals surface area contributed by atoms with Crippen LogP contribution in [0.1, 0.15) is 25.3 Å². The summed E-state index contributed by atoms with van der Waals surface area (Å²) in [5.74, 6) is -0.780. The second kappa shape index (κ2) is 11.4. The summed E-state index contributed by atoms with van der Waals surface area (Å²) in [6.45, 7) is 5.31. The number of amides is 1. The van der Waals surface area contributed by atoms with E-state index in [2.05, 4.69) is 10.2 Å². The molecule has 6 nitrogen and oxygen atoms in total. The summed E-state index contributed by atoms with van der Waals surface area (Å²) in [4.78, 5) is 27.1. The van der Waals surface area contributed by atoms with Gasteiger partial charge in [0.1, 0.15) is 0 Å². The average Bonchev–Trinajstić information content (AvgIpc) is 2.60. The van der Waals surface area contributed by atoms with Gasteiger partial charge in [0.2, 0.25) is 5.91 Å². The highest BCUT2D eigenvalue weighted by molar-refractivity contribution is 6.30. The molecule has 2 rings (SSSR count). The van der Waals surface area contributed by atoms with Crippen LogP contribution in [0.5, 0.6) is 0 Å². The number of aliphatic carboxylic acids is 1. The van der Waals surface area contributed by atoms with Crippen LogP contribution in [-0.4, -0.2) is 65.5 Å². The maximum Gasteiger partial charge on any atom is 0.317 e. The quantitative estimate of drug-likeness (QED) is 0.696. The number of nitrogens with one attached hydrogen (secondary N) is 1. The average molecular weight is 404 g/mol. The molecule has 2 N–H and O–H groups in total. The van der Waals surface area contributed by atoms with Crippen LogP contribution in [0.15, 0.2) is 24.3 Å². The van der Waals surface area contributed by atoms with Gasteiger partial charge in [0, 0.05) is 30.7 Å². The molecule has 8 heteroatoms. The molecule has 1 saturated heterocycles. The molecule has 0 atom stereocenters. The van der Waals surface area contributed by atoms with Crippen LogP contribution in [0, 0.1) is 0 Å². The van der Waals surface area contributed by atoms with E-state index in [1.165, 1.54) is 0 Å². The molecule has 0 spiro atoms. The van der Waals surface area contributed by atoms with Crippen molar-refractivity contribution in [1.29, 1.82) is 0 Å². The fraction of sp³-hybridized carbons (Fsp3) is 0.556. The van der Waals surface area contributed by atoms with Crippen LogP contribution >= 0.6 is 24.0 Å². The van der Waals surface area contributed by atoms with Crippen molar-refractivity contribution in [1.82, 2.24) is 15.1 Å². The summed E-state index contributed by atoms with van der Waals surface area (Å²) in [5.41, 5.74) is 1.02. The molecule has 0 bridgehead atoms. The van der Waals surface area contributed by atoms with E-state index in [1.807, 2.05) is 36.1 Å². The fourth-order valence-electron chi connectivity index (χ4n) is 3.18. The molecular formula is C18H27Cl2N3O3. The van der Waals surface area contributed by atoms with Crippen LogP contribution in [-0.2, 0) is 16.1 Å². The van der Waals surface area contributed by atoms with E-state index >= 15 is 0 Å². The maximum atomic E-state index is 12.1. The number of likely N-dealkylation sites (N-methyl/N-ethyl adjacent to an activating group) is 1. The van der Waals surface area contributed by atoms with Crippen molar-refractivity contribution in [3.63, 3.8) is 0 Å². The van der Waals surface area contributed by atoms with Crippen molar-refractivity contribution in [2.75, 3.05) is 32.7 Å². The molecule has 1 amide bonds. The highest BCUT2D eigenvalue weighted by atomic mass is 35.5. The molecule has 1 aliphatic heterocycles. The molecule has 0 aromatic heterocycles. The van der Waals surface area contributed by atoms with Gasteiger partial charge in [-0.25, -0.2) is 0 Å². The van der Waals surface area contributed by atoms with Gasteiger partial charge in [-0.15, -0.1) is 12.4 Å². The van der Waals surface area contributed by atoms with E-state index < -0.39 is 5.97 Å². The molecule has 0 unspecified atom stereocenters. The zero-order chi connectivity index (χ0) is 18.2. The summed E-state index contributed by atoms with van der Waals surface area (Å²) in [6, 6.07) is 7.70. The van der Waals surface area contributed by atoms with Crippen LogP contribution in [0.3, 0.4) is 0 Å². The molecule has 0 saturated carbocycles. The van der Waals surface area contributed by atoms with E-state index in [4.69, 9.17) is 16.7 Å². The summed E-state index contributed by atoms with van der Waals surface area (Å²) < 4.78 is 0. The largest absolute Gasteiger partial charge is 0.480 e. The summed E-state index contributed by atoms with van der Waals surface area (Å²) in [5, 5.41) is 12.6. The molecule has 146 valence electrons. The smallest absolute Gasteiger partial charge is 0.317 e. The maximum absolute atomic E-state index is 12.1. The topological polar surface area (TPSA) is 72.9 Å². The standard InChI is InChI=1S/C18H26ClN3O3.ClH/c1-2-22(13-18(24)25)16-7-9-21(10-8-16)12-17(23)20-11-14-3-5-15(19)6-4-14;/h3-6,16H,2,7-13H2,1H3,(H,20,23)(H,24,25);1H. The minimum absolute atomic E-state index is 0. The van der Waals surface area contributed by atoms with Crippen molar-refractivity contribution < 1.29 is 14.7 Å². The van der Waals surface area contributed by atoms with E-state index in [-0.39, 0.29) is 30.9 Å². The number of carbonyl (C=O) groups is 2. The number of rotatable bonds is 8. The summed E-state index contributed by atoms with van der Waals surface area (Å²) >= 11 is 5.85. The molecule has 26 heavy (non-hydrogen) atoms. The first kappa shape index (κ1) is 22.7. The number of carbonyl (C=O) groups excluding carboxylic acids is 1. The highest BCUT2D eigenvalue weighted by Gasteiger charge is 2.25. The molecule has 1 aromatic carbocycles. The molecule has 1 aliphatic rings. The zero-order valence-electron chi connectivity index (χ0n) is 15.0. The fourth-order valence-corrected chi connectivity index (χ4v) is 3.30. The lowest BCUT2D eigenvalue weighted by atomic mass is 10.0. The van der Waals surface area contributed by atoms with Crippen molar-refractivity contribution >= 4 is 35.9 Å². The molecule has 1 fully saturated rings. The Hall–Kier alpha value is -1.34. The van der Waals surface area contributed by atoms with Gasteiger partial charge >= 0.3 is 5.97 Å². The molecular weight excluding hydrogens is 377 g/mol. The van der Waals surface area contributed by atoms with Crippen LogP contribution in [0.4, 0.5) is 0 Å². The predicted octanol–water partition coefficient (Wildman–Crippen LogP) is 2.25. The van der Waals surface area contributed by atoms with Gasteiger partial charge < -0.3 is 10.4 Å². The third-order valence-electron chi connectivity index (χ3n) is 4.59. The van der Waals surface area contributed by atoms with E-state index in [0.717, 1.165) is 38.0 Å². The number of hydrogen-bond acceptors (Lipinski definition) is 4. The first-order valence-electron chi connectivity index (χ1n) is 8.67. The highest BCUT2D eigenvalue weighted by Crippen LogP contribution is 2.16. The Bertz CT molecular complexity index is 576. The third-order valence-corrected chi connectivity index (χ3v) is 4.84. The normalized spacial score (nSPS) is 15.5. The monoisotopic (exact) mass is 403 g/mol. The molecule has 1 aromatic rings. The number of carboxylic acids is 1. The minimum Gasteiger partial charge on any atom is -0.480 e. The van der Waals surface area contributed by atoms with Crippen LogP contribution in [0.2, 0.25) is 5.02 Å². The second-order valence-electron chi connectivity index (χ2n) is 6.37. The lowest BCUT2D eigenvalue weighted by molar-refractivity contribution is -0.139. The Morgan fingerprint density at radius 2 is 1.88 bits per heavy atom. The molecule has 0 aliphatic carbocycles. The Kier molecular flexibility index (Phi) is 9.94. The zero-order valence-corrected chi connectivity index (χ0v) is 16.6. The Balaban J connectivity index is 0.00000338. The van der Waals surface area contributed by atoms with E-state index in [9.17, 15) is 9.59 Å². The van der Waals surface area contributed by atoms with Gasteiger partial charge in [0.05, 0.1) is 13.1 Å². The number of hydrogen-bond donors (Lipinski definition) is 2. The van der Waals surface area contributed by atoms with Crippen LogP contribution in [0.25, 0.3) is 0 Å². The lowest BCUT2D eigenvalue weighted by Gasteiger charge is -2.37.